The van der Waals surface area contributed by atoms with Crippen LogP contribution in [0.2, 0.25) is 0 Å². The van der Waals surface area contributed by atoms with Gasteiger partial charge in [-0.15, -0.1) is 0 Å². The Morgan fingerprint density at radius 2 is 2.00 bits per heavy atom. The van der Waals surface area contributed by atoms with Crippen molar-refractivity contribution >= 4 is 29.0 Å². The number of nitrogens with two attached hydrogens (primary N) is 1. The molecule has 190 valence electrons. The van der Waals surface area contributed by atoms with Crippen molar-refractivity contribution in [2.24, 2.45) is 10.8 Å². The second kappa shape index (κ2) is 11.0. The predicted molar refractivity (Wildman–Crippen MR) is 144 cm³/mol. The molecule has 4 N–H and O–H groups in total. The number of fused-ring (bicyclic) bond motifs is 1. The fraction of sp³-hybridized carbons (Fsp3) is 0.407. The number of hydrogen-bond acceptors (Lipinski definition) is 7. The zero-order valence-corrected chi connectivity index (χ0v) is 21.3. The molecule has 2 heterocycles. The van der Waals surface area contributed by atoms with Crippen LogP contribution >= 0.6 is 0 Å². The molecule has 2 aromatic heterocycles. The minimum atomic E-state index is -0.722. The Hall–Kier alpha value is -3.56. The van der Waals surface area contributed by atoms with E-state index in [-0.39, 0.29) is 11.8 Å². The molecule has 1 saturated carbocycles. The zero-order chi connectivity index (χ0) is 25.7. The third-order valence-corrected chi connectivity index (χ3v) is 7.09. The molecule has 0 saturated heterocycles. The van der Waals surface area contributed by atoms with Crippen molar-refractivity contribution in [2.45, 2.75) is 51.0 Å². The van der Waals surface area contributed by atoms with Gasteiger partial charge in [0, 0.05) is 24.3 Å². The number of benzene rings is 1. The summed E-state index contributed by atoms with van der Waals surface area (Å²) >= 11 is 0. The second-order valence-electron chi connectivity index (χ2n) is 9.29. The van der Waals surface area contributed by atoms with Crippen LogP contribution in [0.4, 0.5) is 5.69 Å². The van der Waals surface area contributed by atoms with Crippen molar-refractivity contribution < 1.29 is 9.47 Å². The number of rotatable bonds is 10. The maximum absolute atomic E-state index is 8.15. The number of allylic oxidation sites excluding steroid dienone is 1. The first kappa shape index (κ1) is 25.5. The van der Waals surface area contributed by atoms with E-state index in [1.807, 2.05) is 34.8 Å². The predicted octanol–water partition coefficient (Wildman–Crippen LogP) is 4.45. The molecule has 1 fully saturated rings. The molecule has 0 spiro atoms. The van der Waals surface area contributed by atoms with Crippen LogP contribution in [-0.4, -0.2) is 52.6 Å². The molecule has 0 atom stereocenters. The maximum atomic E-state index is 8.15. The van der Waals surface area contributed by atoms with Gasteiger partial charge in [0.2, 0.25) is 0 Å². The van der Waals surface area contributed by atoms with Crippen molar-refractivity contribution in [3.8, 4) is 0 Å². The number of methoxy groups -OCH3 is 1. The first-order valence-corrected chi connectivity index (χ1v) is 12.2. The summed E-state index contributed by atoms with van der Waals surface area (Å²) in [5, 5.41) is 17.1. The van der Waals surface area contributed by atoms with Crippen molar-refractivity contribution in [1.82, 2.24) is 14.6 Å². The molecule has 3 aromatic rings. The largest absolute Gasteiger partial charge is 0.385 e. The maximum Gasteiger partial charge on any atom is 0.163 e. The van der Waals surface area contributed by atoms with E-state index in [0.717, 1.165) is 52.3 Å². The number of amidine groups is 1. The van der Waals surface area contributed by atoms with Crippen molar-refractivity contribution in [3.63, 3.8) is 0 Å². The van der Waals surface area contributed by atoms with E-state index in [0.29, 0.717) is 26.1 Å². The van der Waals surface area contributed by atoms with Gasteiger partial charge in [-0.1, -0.05) is 24.8 Å². The third kappa shape index (κ3) is 5.17. The smallest absolute Gasteiger partial charge is 0.163 e. The molecule has 9 nitrogen and oxygen atoms in total. The lowest BCUT2D eigenvalue weighted by Gasteiger charge is -2.39. The van der Waals surface area contributed by atoms with E-state index in [2.05, 4.69) is 36.1 Å². The summed E-state index contributed by atoms with van der Waals surface area (Å²) in [7, 11) is 1.64. The first-order valence-electron chi connectivity index (χ1n) is 12.2. The standard InChI is InChI=1S/C27H35N7O2/c1-18(16-30-33-22-8-6-5-7-9-22)23-17-31-34-20(3)19(2)24(32-25(23)34)21-10-12-27(13-11-21,26(28)29)36-15-14-35-4/h5-9,16-17,21,33H,1,10-15H2,2-4H3,(H3,28,29)/b30-16-. The van der Waals surface area contributed by atoms with Gasteiger partial charge in [-0.25, -0.2) is 9.50 Å². The average Bonchev–Trinajstić information content (AvgIpc) is 3.31. The van der Waals surface area contributed by atoms with Gasteiger partial charge in [0.15, 0.2) is 5.65 Å². The van der Waals surface area contributed by atoms with Crippen LogP contribution in [0.15, 0.2) is 48.2 Å². The summed E-state index contributed by atoms with van der Waals surface area (Å²) < 4.78 is 13.0. The number of aryl methyl sites for hydroxylation is 1. The van der Waals surface area contributed by atoms with Crippen LogP contribution in [0.3, 0.4) is 0 Å². The number of nitrogens with one attached hydrogen (secondary N) is 2. The van der Waals surface area contributed by atoms with Gasteiger partial charge >= 0.3 is 0 Å². The highest BCUT2D eigenvalue weighted by atomic mass is 16.5. The van der Waals surface area contributed by atoms with Crippen LogP contribution in [0, 0.1) is 19.3 Å². The summed E-state index contributed by atoms with van der Waals surface area (Å²) in [6.07, 6.45) is 6.52. The molecule has 1 aromatic carbocycles. The third-order valence-electron chi connectivity index (χ3n) is 7.09. The molecule has 1 aliphatic carbocycles. The SMILES string of the molecule is C=C(/C=N\Nc1ccccc1)c1cnn2c(C)c(C)c(C3CCC(OCCOC)(C(=N)N)CC3)nc12. The Morgan fingerprint density at radius 3 is 2.67 bits per heavy atom. The molecule has 0 bridgehead atoms. The lowest BCUT2D eigenvalue weighted by atomic mass is 9.76. The average molecular weight is 490 g/mol. The van der Waals surface area contributed by atoms with Gasteiger partial charge < -0.3 is 15.2 Å². The van der Waals surface area contributed by atoms with Crippen LogP contribution in [-0.2, 0) is 9.47 Å². The van der Waals surface area contributed by atoms with Crippen LogP contribution in [0.25, 0.3) is 11.2 Å². The molecule has 0 aliphatic heterocycles. The number of anilines is 1. The van der Waals surface area contributed by atoms with E-state index in [9.17, 15) is 0 Å². The van der Waals surface area contributed by atoms with Gasteiger partial charge in [0.05, 0.1) is 37.0 Å². The molecule has 0 amide bonds. The van der Waals surface area contributed by atoms with E-state index >= 15 is 0 Å². The Labute approximate surface area is 211 Å². The van der Waals surface area contributed by atoms with Gasteiger partial charge in [-0.2, -0.15) is 10.2 Å². The fourth-order valence-corrected chi connectivity index (χ4v) is 4.80. The number of hydrazone groups is 1. The lowest BCUT2D eigenvalue weighted by molar-refractivity contribution is -0.0425. The van der Waals surface area contributed by atoms with Gasteiger partial charge in [-0.3, -0.25) is 10.8 Å². The van der Waals surface area contributed by atoms with E-state index < -0.39 is 5.60 Å². The normalized spacial score (nSPS) is 20.1. The van der Waals surface area contributed by atoms with E-state index in [4.69, 9.17) is 25.6 Å². The Kier molecular flexibility index (Phi) is 7.81. The van der Waals surface area contributed by atoms with E-state index in [1.54, 1.807) is 19.5 Å². The summed E-state index contributed by atoms with van der Waals surface area (Å²) in [6, 6.07) is 9.76. The Balaban J connectivity index is 1.55. The van der Waals surface area contributed by atoms with Gasteiger partial charge in [0.25, 0.3) is 0 Å². The number of para-hydroxylation sites is 1. The highest BCUT2D eigenvalue weighted by molar-refractivity contribution is 6.11. The fourth-order valence-electron chi connectivity index (χ4n) is 4.80. The second-order valence-corrected chi connectivity index (χ2v) is 9.29. The molecule has 9 heteroatoms. The van der Waals surface area contributed by atoms with E-state index in [1.165, 1.54) is 0 Å². The molecule has 0 unspecified atom stereocenters. The van der Waals surface area contributed by atoms with Gasteiger partial charge in [-0.05, 0) is 62.8 Å². The zero-order valence-electron chi connectivity index (χ0n) is 21.3. The number of aromatic nitrogens is 3. The van der Waals surface area contributed by atoms with Crippen LogP contribution in [0.5, 0.6) is 0 Å². The summed E-state index contributed by atoms with van der Waals surface area (Å²) in [6.45, 7) is 9.26. The first-order chi connectivity index (χ1) is 17.4. The molecule has 1 aliphatic rings. The summed E-state index contributed by atoms with van der Waals surface area (Å²) in [4.78, 5) is 5.09. The summed E-state index contributed by atoms with van der Waals surface area (Å²) in [5.74, 6) is 0.336. The Bertz CT molecular complexity index is 1260. The van der Waals surface area contributed by atoms with Crippen molar-refractivity contribution in [2.75, 3.05) is 25.7 Å². The van der Waals surface area contributed by atoms with Crippen LogP contribution in [0.1, 0.15) is 54.1 Å². The van der Waals surface area contributed by atoms with Crippen LogP contribution < -0.4 is 11.2 Å². The topological polar surface area (TPSA) is 123 Å². The molecule has 4 rings (SSSR count). The minimum absolute atomic E-state index is 0.0890. The van der Waals surface area contributed by atoms with Gasteiger partial charge in [0.1, 0.15) is 11.4 Å². The molecular formula is C27H35N7O2. The molecule has 0 radical (unpaired) electrons. The monoisotopic (exact) mass is 489 g/mol. The van der Waals surface area contributed by atoms with Crippen molar-refractivity contribution in [3.05, 3.63) is 65.6 Å². The highest BCUT2D eigenvalue weighted by Crippen LogP contribution is 2.41. The summed E-state index contributed by atoms with van der Waals surface area (Å²) in [5.41, 5.74) is 14.7. The minimum Gasteiger partial charge on any atom is -0.385 e. The number of hydrogen-bond donors (Lipinski definition) is 3. The van der Waals surface area contributed by atoms with Crippen molar-refractivity contribution in [1.29, 1.82) is 5.41 Å². The Morgan fingerprint density at radius 1 is 1.28 bits per heavy atom. The number of nitrogens with zero attached hydrogens (tertiary/aromatic N) is 4. The quantitative estimate of drug-likeness (QED) is 0.167. The molecular weight excluding hydrogens is 454 g/mol. The highest BCUT2D eigenvalue weighted by Gasteiger charge is 2.40. The lowest BCUT2D eigenvalue weighted by Crippen LogP contribution is -2.48. The molecule has 36 heavy (non-hydrogen) atoms. The number of ether oxygens (including phenoxy) is 2.